The van der Waals surface area contributed by atoms with Gasteiger partial charge in [-0.3, -0.25) is 9.78 Å². The second-order valence-corrected chi connectivity index (χ2v) is 3.12. The zero-order valence-corrected chi connectivity index (χ0v) is 7.54. The molecule has 1 unspecified atom stereocenters. The van der Waals surface area contributed by atoms with Gasteiger partial charge in [0.05, 0.1) is 12.7 Å². The Morgan fingerprint density at radius 1 is 1.71 bits per heavy atom. The highest BCUT2D eigenvalue weighted by atomic mass is 16.4. The lowest BCUT2D eigenvalue weighted by molar-refractivity contribution is -0.157. The molecule has 0 fully saturated rings. The highest BCUT2D eigenvalue weighted by Crippen LogP contribution is 2.05. The fraction of sp³-hybridized carbons (Fsp3) is 0.375. The number of rotatable bonds is 3. The van der Waals surface area contributed by atoms with E-state index in [4.69, 9.17) is 5.11 Å². The topological polar surface area (TPSA) is 92.4 Å². The molecule has 0 bridgehead atoms. The molecule has 0 radical (unpaired) electrons. The van der Waals surface area contributed by atoms with Gasteiger partial charge in [0.15, 0.2) is 5.60 Å². The molecule has 0 spiro atoms. The molecule has 6 heteroatoms. The van der Waals surface area contributed by atoms with Gasteiger partial charge in [0, 0.05) is 12.4 Å². The van der Waals surface area contributed by atoms with Crippen molar-refractivity contribution in [2.75, 3.05) is 0 Å². The van der Waals surface area contributed by atoms with E-state index in [2.05, 4.69) is 4.98 Å². The SMILES string of the molecule is CC(O)(Cn1ccncc1=O)C(=O)O. The molecule has 6 nitrogen and oxygen atoms in total. The van der Waals surface area contributed by atoms with Crippen molar-refractivity contribution in [2.24, 2.45) is 0 Å². The van der Waals surface area contributed by atoms with Crippen molar-refractivity contribution in [3.63, 3.8) is 0 Å². The maximum Gasteiger partial charge on any atom is 0.337 e. The predicted octanol–water partition coefficient (Wildman–Crippen LogP) is -0.921. The Kier molecular flexibility index (Phi) is 2.66. The summed E-state index contributed by atoms with van der Waals surface area (Å²) >= 11 is 0. The zero-order chi connectivity index (χ0) is 10.8. The summed E-state index contributed by atoms with van der Waals surface area (Å²) in [4.78, 5) is 25.2. The summed E-state index contributed by atoms with van der Waals surface area (Å²) in [5, 5.41) is 18.0. The van der Waals surface area contributed by atoms with Crippen LogP contribution in [-0.4, -0.2) is 31.3 Å². The average Bonchev–Trinajstić information content (AvgIpc) is 2.08. The number of hydrogen-bond donors (Lipinski definition) is 2. The van der Waals surface area contributed by atoms with Gasteiger partial charge in [-0.05, 0) is 6.92 Å². The summed E-state index contributed by atoms with van der Waals surface area (Å²) in [6.45, 7) is 0.825. The van der Waals surface area contributed by atoms with Gasteiger partial charge >= 0.3 is 5.97 Å². The quantitative estimate of drug-likeness (QED) is 0.655. The monoisotopic (exact) mass is 198 g/mol. The summed E-state index contributed by atoms with van der Waals surface area (Å²) in [6, 6.07) is 0. The lowest BCUT2D eigenvalue weighted by atomic mass is 10.1. The normalized spacial score (nSPS) is 14.7. The molecule has 0 amide bonds. The standard InChI is InChI=1S/C8H10N2O4/c1-8(14,7(12)13)5-10-3-2-9-4-6(10)11/h2-4,14H,5H2,1H3,(H,12,13). The van der Waals surface area contributed by atoms with Crippen LogP contribution in [0.3, 0.4) is 0 Å². The Labute approximate surface area is 79.5 Å². The number of nitrogens with zero attached hydrogens (tertiary/aromatic N) is 2. The fourth-order valence-corrected chi connectivity index (χ4v) is 0.903. The molecular formula is C8H10N2O4. The molecule has 0 aromatic carbocycles. The van der Waals surface area contributed by atoms with Crippen LogP contribution < -0.4 is 5.56 Å². The number of aromatic nitrogens is 2. The molecule has 0 aliphatic carbocycles. The Morgan fingerprint density at radius 2 is 2.36 bits per heavy atom. The largest absolute Gasteiger partial charge is 0.479 e. The molecule has 1 rings (SSSR count). The molecule has 0 aliphatic heterocycles. The number of hydrogen-bond acceptors (Lipinski definition) is 4. The molecule has 1 atom stereocenters. The van der Waals surface area contributed by atoms with Crippen LogP contribution >= 0.6 is 0 Å². The van der Waals surface area contributed by atoms with Crippen LogP contribution in [-0.2, 0) is 11.3 Å². The van der Waals surface area contributed by atoms with Gasteiger partial charge in [0.2, 0.25) is 0 Å². The molecule has 0 saturated heterocycles. The van der Waals surface area contributed by atoms with Crippen LogP contribution in [0.5, 0.6) is 0 Å². The van der Waals surface area contributed by atoms with Gasteiger partial charge in [-0.25, -0.2) is 4.79 Å². The van der Waals surface area contributed by atoms with Gasteiger partial charge in [-0.2, -0.15) is 0 Å². The highest BCUT2D eigenvalue weighted by molar-refractivity contribution is 5.76. The number of carboxylic acids is 1. The van der Waals surface area contributed by atoms with E-state index in [1.807, 2.05) is 0 Å². The number of aliphatic carboxylic acids is 1. The van der Waals surface area contributed by atoms with Crippen LogP contribution in [0.4, 0.5) is 0 Å². The fourth-order valence-electron chi connectivity index (χ4n) is 0.903. The van der Waals surface area contributed by atoms with Gasteiger partial charge < -0.3 is 14.8 Å². The summed E-state index contributed by atoms with van der Waals surface area (Å²) in [6.07, 6.45) is 3.72. The molecule has 1 aromatic rings. The molecular weight excluding hydrogens is 188 g/mol. The van der Waals surface area contributed by atoms with Gasteiger partial charge in [-0.15, -0.1) is 0 Å². The van der Waals surface area contributed by atoms with Crippen LogP contribution in [0, 0.1) is 0 Å². The Balaban J connectivity index is 2.95. The van der Waals surface area contributed by atoms with Crippen LogP contribution in [0.1, 0.15) is 6.92 Å². The molecule has 1 heterocycles. The lowest BCUT2D eigenvalue weighted by Crippen LogP contribution is -2.42. The van der Waals surface area contributed by atoms with Crippen molar-refractivity contribution in [3.05, 3.63) is 28.9 Å². The second kappa shape index (κ2) is 3.59. The molecule has 0 aliphatic rings. The van der Waals surface area contributed by atoms with E-state index in [-0.39, 0.29) is 6.54 Å². The van der Waals surface area contributed by atoms with Gasteiger partial charge in [-0.1, -0.05) is 0 Å². The molecule has 0 saturated carbocycles. The average molecular weight is 198 g/mol. The first-order valence-electron chi connectivity index (χ1n) is 3.90. The third-order valence-electron chi connectivity index (χ3n) is 1.74. The summed E-state index contributed by atoms with van der Waals surface area (Å²) in [5.74, 6) is -1.37. The molecule has 2 N–H and O–H groups in total. The van der Waals surface area contributed by atoms with E-state index in [1.54, 1.807) is 0 Å². The van der Waals surface area contributed by atoms with Crippen molar-refractivity contribution in [1.29, 1.82) is 0 Å². The number of carboxylic acid groups (broad SMARTS) is 1. The predicted molar refractivity (Wildman–Crippen MR) is 46.8 cm³/mol. The second-order valence-electron chi connectivity index (χ2n) is 3.12. The molecule has 76 valence electrons. The maximum absolute atomic E-state index is 11.1. The smallest absolute Gasteiger partial charge is 0.337 e. The van der Waals surface area contributed by atoms with E-state index < -0.39 is 17.1 Å². The van der Waals surface area contributed by atoms with Crippen molar-refractivity contribution in [1.82, 2.24) is 9.55 Å². The Hall–Kier alpha value is -1.69. The third kappa shape index (κ3) is 2.17. The zero-order valence-electron chi connectivity index (χ0n) is 7.54. The van der Waals surface area contributed by atoms with E-state index in [0.717, 1.165) is 17.7 Å². The Bertz CT molecular complexity index is 396. The number of aliphatic hydroxyl groups is 1. The summed E-state index contributed by atoms with van der Waals surface area (Å²) < 4.78 is 1.08. The van der Waals surface area contributed by atoms with Gasteiger partial charge in [0.25, 0.3) is 5.56 Å². The van der Waals surface area contributed by atoms with E-state index in [1.165, 1.54) is 12.4 Å². The third-order valence-corrected chi connectivity index (χ3v) is 1.74. The first-order chi connectivity index (χ1) is 6.43. The van der Waals surface area contributed by atoms with E-state index in [9.17, 15) is 14.7 Å². The molecule has 1 aromatic heterocycles. The van der Waals surface area contributed by atoms with Crippen LogP contribution in [0.2, 0.25) is 0 Å². The van der Waals surface area contributed by atoms with E-state index in [0.29, 0.717) is 0 Å². The first-order valence-corrected chi connectivity index (χ1v) is 3.90. The van der Waals surface area contributed by atoms with Crippen molar-refractivity contribution in [2.45, 2.75) is 19.1 Å². The van der Waals surface area contributed by atoms with Crippen molar-refractivity contribution >= 4 is 5.97 Å². The van der Waals surface area contributed by atoms with Crippen LogP contribution in [0.15, 0.2) is 23.4 Å². The van der Waals surface area contributed by atoms with Gasteiger partial charge in [0.1, 0.15) is 0 Å². The molecule has 14 heavy (non-hydrogen) atoms. The van der Waals surface area contributed by atoms with Crippen LogP contribution in [0.25, 0.3) is 0 Å². The minimum atomic E-state index is -1.95. The maximum atomic E-state index is 11.1. The lowest BCUT2D eigenvalue weighted by Gasteiger charge is -2.18. The van der Waals surface area contributed by atoms with E-state index >= 15 is 0 Å². The highest BCUT2D eigenvalue weighted by Gasteiger charge is 2.30. The first kappa shape index (κ1) is 10.4. The Morgan fingerprint density at radius 3 is 2.86 bits per heavy atom. The number of carbonyl (C=O) groups is 1. The minimum absolute atomic E-state index is 0.302. The summed E-state index contributed by atoms with van der Waals surface area (Å²) in [7, 11) is 0. The summed E-state index contributed by atoms with van der Waals surface area (Å²) in [5.41, 5.74) is -2.40. The van der Waals surface area contributed by atoms with Crippen molar-refractivity contribution in [3.8, 4) is 0 Å². The minimum Gasteiger partial charge on any atom is -0.479 e. The van der Waals surface area contributed by atoms with Crippen molar-refractivity contribution < 1.29 is 15.0 Å².